The second kappa shape index (κ2) is 6.86. The van der Waals surface area contributed by atoms with Crippen molar-refractivity contribution >= 4 is 11.9 Å². The van der Waals surface area contributed by atoms with Crippen LogP contribution in [0, 0.1) is 17.2 Å². The molecule has 1 aliphatic carbocycles. The van der Waals surface area contributed by atoms with Crippen LogP contribution in [-0.2, 0) is 9.53 Å². The number of halogens is 1. The number of carbonyl (C=O) groups excluding carboxylic acids is 1. The molecule has 0 aromatic carbocycles. The van der Waals surface area contributed by atoms with Crippen molar-refractivity contribution in [2.45, 2.75) is 32.1 Å². The predicted molar refractivity (Wildman–Crippen MR) is 90.6 cm³/mol. The minimum Gasteiger partial charge on any atom is -0.371 e. The second-order valence-electron chi connectivity index (χ2n) is 7.61. The van der Waals surface area contributed by atoms with E-state index in [1.54, 1.807) is 0 Å². The maximum Gasteiger partial charge on any atom is 0.248 e. The lowest BCUT2D eigenvalue weighted by molar-refractivity contribution is -0.136. The highest BCUT2D eigenvalue weighted by Crippen LogP contribution is 2.49. The molecule has 3 fully saturated rings. The predicted octanol–water partition coefficient (Wildman–Crippen LogP) is 1.86. The van der Waals surface area contributed by atoms with Gasteiger partial charge in [0.05, 0.1) is 19.0 Å². The van der Waals surface area contributed by atoms with Gasteiger partial charge in [-0.15, -0.1) is 0 Å². The molecule has 1 saturated carbocycles. The van der Waals surface area contributed by atoms with Crippen molar-refractivity contribution in [1.29, 1.82) is 0 Å². The summed E-state index contributed by atoms with van der Waals surface area (Å²) in [4.78, 5) is 24.4. The van der Waals surface area contributed by atoms with E-state index in [1.807, 2.05) is 4.90 Å². The standard InChI is InChI=1S/C18H25FN4O2/c19-15-8-20-17(21-9-15)23-10-14-4-3-5-18(14,12-23)13-25-11-16(24)22-6-1-2-7-22/h8-9,14H,1-7,10-13H2/t14-,18+/m1/s1. The van der Waals surface area contributed by atoms with E-state index in [0.29, 0.717) is 18.5 Å². The lowest BCUT2D eigenvalue weighted by atomic mass is 9.82. The van der Waals surface area contributed by atoms with Gasteiger partial charge in [-0.25, -0.2) is 14.4 Å². The topological polar surface area (TPSA) is 58.6 Å². The van der Waals surface area contributed by atoms with Crippen LogP contribution in [0.15, 0.2) is 12.4 Å². The quantitative estimate of drug-likeness (QED) is 0.813. The first-order valence-corrected chi connectivity index (χ1v) is 9.24. The molecule has 25 heavy (non-hydrogen) atoms. The fourth-order valence-corrected chi connectivity index (χ4v) is 4.67. The molecule has 2 atom stereocenters. The minimum atomic E-state index is -0.415. The number of nitrogens with zero attached hydrogens (tertiary/aromatic N) is 4. The molecule has 1 aromatic rings. The number of hydrogen-bond acceptors (Lipinski definition) is 5. The highest BCUT2D eigenvalue weighted by atomic mass is 19.1. The van der Waals surface area contributed by atoms with Gasteiger partial charge in [-0.05, 0) is 31.6 Å². The molecule has 3 heterocycles. The fraction of sp³-hybridized carbons (Fsp3) is 0.722. The van der Waals surface area contributed by atoms with E-state index in [-0.39, 0.29) is 17.9 Å². The van der Waals surface area contributed by atoms with Crippen LogP contribution in [0.2, 0.25) is 0 Å². The molecule has 136 valence electrons. The van der Waals surface area contributed by atoms with E-state index < -0.39 is 5.82 Å². The monoisotopic (exact) mass is 348 g/mol. The van der Waals surface area contributed by atoms with E-state index >= 15 is 0 Å². The molecule has 0 unspecified atom stereocenters. The van der Waals surface area contributed by atoms with E-state index in [0.717, 1.165) is 45.4 Å². The van der Waals surface area contributed by atoms with Gasteiger partial charge in [-0.1, -0.05) is 6.42 Å². The minimum absolute atomic E-state index is 0.0725. The Morgan fingerprint density at radius 2 is 2.04 bits per heavy atom. The van der Waals surface area contributed by atoms with Gasteiger partial charge < -0.3 is 14.5 Å². The zero-order chi connectivity index (χ0) is 17.3. The summed E-state index contributed by atoms with van der Waals surface area (Å²) >= 11 is 0. The molecule has 1 amide bonds. The van der Waals surface area contributed by atoms with Crippen LogP contribution >= 0.6 is 0 Å². The highest BCUT2D eigenvalue weighted by molar-refractivity contribution is 5.77. The first-order valence-electron chi connectivity index (χ1n) is 9.24. The van der Waals surface area contributed by atoms with Crippen molar-refractivity contribution in [2.75, 3.05) is 44.3 Å². The van der Waals surface area contributed by atoms with Gasteiger partial charge >= 0.3 is 0 Å². The van der Waals surface area contributed by atoms with E-state index in [9.17, 15) is 9.18 Å². The summed E-state index contributed by atoms with van der Waals surface area (Å²) in [7, 11) is 0. The summed E-state index contributed by atoms with van der Waals surface area (Å²) in [5, 5.41) is 0. The summed E-state index contributed by atoms with van der Waals surface area (Å²) < 4.78 is 18.9. The average Bonchev–Trinajstić information content (AvgIpc) is 3.31. The van der Waals surface area contributed by atoms with Crippen molar-refractivity contribution in [3.05, 3.63) is 18.2 Å². The van der Waals surface area contributed by atoms with Gasteiger partial charge in [0.2, 0.25) is 11.9 Å². The van der Waals surface area contributed by atoms with E-state index in [4.69, 9.17) is 4.74 Å². The van der Waals surface area contributed by atoms with Crippen molar-refractivity contribution in [3.63, 3.8) is 0 Å². The Morgan fingerprint density at radius 3 is 2.80 bits per heavy atom. The van der Waals surface area contributed by atoms with Crippen LogP contribution in [0.5, 0.6) is 0 Å². The first kappa shape index (κ1) is 16.7. The molecule has 4 rings (SSSR count). The largest absolute Gasteiger partial charge is 0.371 e. The van der Waals surface area contributed by atoms with Crippen molar-refractivity contribution < 1.29 is 13.9 Å². The third-order valence-corrected chi connectivity index (χ3v) is 6.00. The van der Waals surface area contributed by atoms with Crippen LogP contribution in [0.25, 0.3) is 0 Å². The summed E-state index contributed by atoms with van der Waals surface area (Å²) in [6.45, 7) is 4.23. The highest BCUT2D eigenvalue weighted by Gasteiger charge is 2.50. The first-order chi connectivity index (χ1) is 12.2. The number of hydrogen-bond donors (Lipinski definition) is 0. The summed E-state index contributed by atoms with van der Waals surface area (Å²) in [6.07, 6.45) is 8.11. The molecule has 3 aliphatic rings. The Labute approximate surface area is 147 Å². The molecule has 2 saturated heterocycles. The maximum atomic E-state index is 13.1. The number of fused-ring (bicyclic) bond motifs is 1. The van der Waals surface area contributed by atoms with Crippen molar-refractivity contribution in [1.82, 2.24) is 14.9 Å². The SMILES string of the molecule is O=C(COC[C@@]12CCC[C@@H]1CN(c1ncc(F)cn1)C2)N1CCCC1. The number of carbonyl (C=O) groups is 1. The number of likely N-dealkylation sites (tertiary alicyclic amines) is 1. The maximum absolute atomic E-state index is 13.1. The molecular weight excluding hydrogens is 323 g/mol. The average molecular weight is 348 g/mol. The molecule has 7 heteroatoms. The zero-order valence-corrected chi connectivity index (χ0v) is 14.5. The van der Waals surface area contributed by atoms with Crippen LogP contribution < -0.4 is 4.90 Å². The van der Waals surface area contributed by atoms with Crippen LogP contribution in [0.3, 0.4) is 0 Å². The number of rotatable bonds is 5. The lowest BCUT2D eigenvalue weighted by Crippen LogP contribution is -2.36. The molecule has 6 nitrogen and oxygen atoms in total. The van der Waals surface area contributed by atoms with E-state index in [2.05, 4.69) is 14.9 Å². The van der Waals surface area contributed by atoms with Gasteiger partial charge in [0, 0.05) is 31.6 Å². The molecule has 1 aromatic heterocycles. The zero-order valence-electron chi connectivity index (χ0n) is 14.5. The van der Waals surface area contributed by atoms with Gasteiger partial charge in [-0.2, -0.15) is 0 Å². The molecule has 0 N–H and O–H groups in total. The third kappa shape index (κ3) is 3.34. The van der Waals surface area contributed by atoms with Gasteiger partial charge in [0.1, 0.15) is 6.61 Å². The second-order valence-corrected chi connectivity index (χ2v) is 7.61. The van der Waals surface area contributed by atoms with Gasteiger partial charge in [0.25, 0.3) is 0 Å². The fourth-order valence-electron chi connectivity index (χ4n) is 4.67. The number of aromatic nitrogens is 2. The van der Waals surface area contributed by atoms with Crippen molar-refractivity contribution in [3.8, 4) is 0 Å². The van der Waals surface area contributed by atoms with Gasteiger partial charge in [-0.3, -0.25) is 4.79 Å². The summed E-state index contributed by atoms with van der Waals surface area (Å²) in [6, 6.07) is 0. The van der Waals surface area contributed by atoms with Gasteiger partial charge in [0.15, 0.2) is 5.82 Å². The molecule has 0 radical (unpaired) electrons. The number of ether oxygens (including phenoxy) is 1. The normalized spacial score (nSPS) is 28.6. The lowest BCUT2D eigenvalue weighted by Gasteiger charge is -2.28. The number of anilines is 1. The third-order valence-electron chi connectivity index (χ3n) is 6.00. The molecule has 2 aliphatic heterocycles. The van der Waals surface area contributed by atoms with Crippen molar-refractivity contribution in [2.24, 2.45) is 11.3 Å². The smallest absolute Gasteiger partial charge is 0.248 e. The Hall–Kier alpha value is -1.76. The molecular formula is C18H25FN4O2. The summed E-state index contributed by atoms with van der Waals surface area (Å²) in [5.41, 5.74) is 0.0725. The Morgan fingerprint density at radius 1 is 1.28 bits per heavy atom. The van der Waals surface area contributed by atoms with E-state index in [1.165, 1.54) is 25.2 Å². The number of amides is 1. The Balaban J connectivity index is 1.36. The molecule has 0 spiro atoms. The van der Waals surface area contributed by atoms with Crippen LogP contribution in [-0.4, -0.2) is 60.2 Å². The Kier molecular flexibility index (Phi) is 4.58. The van der Waals surface area contributed by atoms with Crippen LogP contribution in [0.4, 0.5) is 10.3 Å². The molecule has 0 bridgehead atoms. The summed E-state index contributed by atoms with van der Waals surface area (Å²) in [5.74, 6) is 0.813. The Bertz CT molecular complexity index is 620. The van der Waals surface area contributed by atoms with Crippen LogP contribution in [0.1, 0.15) is 32.1 Å².